The van der Waals surface area contributed by atoms with Crippen LogP contribution in [-0.2, 0) is 16.1 Å². The lowest BCUT2D eigenvalue weighted by atomic mass is 10.2. The van der Waals surface area contributed by atoms with Gasteiger partial charge in [0.25, 0.3) is 0 Å². The van der Waals surface area contributed by atoms with Gasteiger partial charge in [0.2, 0.25) is 5.91 Å². The van der Waals surface area contributed by atoms with Crippen molar-refractivity contribution in [1.82, 2.24) is 0 Å². The molecule has 1 rings (SSSR count). The lowest BCUT2D eigenvalue weighted by Gasteiger charge is -2.06. The maximum Gasteiger partial charge on any atom is 0.225 e. The normalized spacial score (nSPS) is 10.0. The number of benzene rings is 1. The summed E-state index contributed by atoms with van der Waals surface area (Å²) in [7, 11) is 1.64. The van der Waals surface area contributed by atoms with E-state index in [9.17, 15) is 4.79 Å². The van der Waals surface area contributed by atoms with Crippen LogP contribution in [0, 0.1) is 0 Å². The van der Waals surface area contributed by atoms with E-state index in [2.05, 4.69) is 5.32 Å². The van der Waals surface area contributed by atoms with Gasteiger partial charge in [-0.25, -0.2) is 0 Å². The first-order chi connectivity index (χ1) is 7.26. The summed E-state index contributed by atoms with van der Waals surface area (Å²) in [5, 5.41) is 2.76. The highest BCUT2D eigenvalue weighted by atomic mass is 35.5. The molecule has 0 bridgehead atoms. The zero-order valence-corrected chi connectivity index (χ0v) is 9.38. The van der Waals surface area contributed by atoms with E-state index in [1.54, 1.807) is 7.11 Å². The fraction of sp³-hybridized carbons (Fsp3) is 0.364. The smallest absolute Gasteiger partial charge is 0.225 e. The number of nitrogens with one attached hydrogen (secondary N) is 1. The molecule has 82 valence electrons. The first-order valence-corrected chi connectivity index (χ1v) is 5.23. The summed E-state index contributed by atoms with van der Waals surface area (Å²) in [6.45, 7) is 0.541. The second-order valence-electron chi connectivity index (χ2n) is 3.12. The summed E-state index contributed by atoms with van der Waals surface area (Å²) in [5.74, 6) is 0.267. The van der Waals surface area contributed by atoms with Gasteiger partial charge in [0.15, 0.2) is 0 Å². The van der Waals surface area contributed by atoms with Gasteiger partial charge in [-0.05, 0) is 17.7 Å². The molecule has 0 saturated carbocycles. The van der Waals surface area contributed by atoms with Gasteiger partial charge < -0.3 is 10.1 Å². The van der Waals surface area contributed by atoms with Crippen molar-refractivity contribution in [2.45, 2.75) is 13.0 Å². The number of anilines is 1. The second-order valence-corrected chi connectivity index (χ2v) is 3.50. The number of methoxy groups -OCH3 is 1. The molecule has 1 amide bonds. The predicted molar refractivity (Wildman–Crippen MR) is 61.1 cm³/mol. The molecule has 4 heteroatoms. The number of halogens is 1. The Morgan fingerprint density at radius 1 is 1.53 bits per heavy atom. The molecule has 1 aromatic rings. The fourth-order valence-electron chi connectivity index (χ4n) is 1.21. The third kappa shape index (κ3) is 4.32. The standard InChI is InChI=1S/C11H14ClNO2/c1-15-8-9-3-2-4-10(7-9)13-11(14)5-6-12/h2-4,7H,5-6,8H2,1H3,(H,13,14). The molecule has 0 aliphatic carbocycles. The van der Waals surface area contributed by atoms with Crippen molar-refractivity contribution in [1.29, 1.82) is 0 Å². The van der Waals surface area contributed by atoms with Gasteiger partial charge in [-0.1, -0.05) is 12.1 Å². The Kier molecular flexibility index (Phi) is 5.15. The fourth-order valence-corrected chi connectivity index (χ4v) is 1.39. The first kappa shape index (κ1) is 12.0. The highest BCUT2D eigenvalue weighted by molar-refractivity contribution is 6.19. The Morgan fingerprint density at radius 3 is 3.00 bits per heavy atom. The number of hydrogen-bond donors (Lipinski definition) is 1. The van der Waals surface area contributed by atoms with Crippen molar-refractivity contribution < 1.29 is 9.53 Å². The van der Waals surface area contributed by atoms with Crippen molar-refractivity contribution in [3.63, 3.8) is 0 Å². The SMILES string of the molecule is COCc1cccc(NC(=O)CCCl)c1. The number of alkyl halides is 1. The van der Waals surface area contributed by atoms with Gasteiger partial charge >= 0.3 is 0 Å². The van der Waals surface area contributed by atoms with Crippen LogP contribution in [0.3, 0.4) is 0 Å². The van der Waals surface area contributed by atoms with Crippen LogP contribution >= 0.6 is 11.6 Å². The number of hydrogen-bond acceptors (Lipinski definition) is 2. The topological polar surface area (TPSA) is 38.3 Å². The highest BCUT2D eigenvalue weighted by Crippen LogP contribution is 2.11. The molecule has 0 aliphatic heterocycles. The van der Waals surface area contributed by atoms with E-state index in [0.717, 1.165) is 11.3 Å². The molecular formula is C11H14ClNO2. The average Bonchev–Trinajstić information content (AvgIpc) is 2.19. The molecule has 1 N–H and O–H groups in total. The van der Waals surface area contributed by atoms with Crippen LogP contribution in [0.25, 0.3) is 0 Å². The predicted octanol–water partition coefficient (Wildman–Crippen LogP) is 2.40. The summed E-state index contributed by atoms with van der Waals surface area (Å²) >= 11 is 5.46. The molecule has 0 fully saturated rings. The third-order valence-corrected chi connectivity index (χ3v) is 2.03. The van der Waals surface area contributed by atoms with Gasteiger partial charge in [-0.15, -0.1) is 11.6 Å². The van der Waals surface area contributed by atoms with Crippen molar-refractivity contribution in [2.75, 3.05) is 18.3 Å². The van der Waals surface area contributed by atoms with Crippen molar-refractivity contribution in [3.05, 3.63) is 29.8 Å². The summed E-state index contributed by atoms with van der Waals surface area (Å²) in [5.41, 5.74) is 1.81. The first-order valence-electron chi connectivity index (χ1n) is 4.70. The van der Waals surface area contributed by atoms with Gasteiger partial charge in [-0.3, -0.25) is 4.79 Å². The van der Waals surface area contributed by atoms with E-state index in [-0.39, 0.29) is 5.91 Å². The summed E-state index contributed by atoms with van der Waals surface area (Å²) in [4.78, 5) is 11.3. The zero-order chi connectivity index (χ0) is 11.1. The molecule has 0 saturated heterocycles. The Balaban J connectivity index is 2.60. The van der Waals surface area contributed by atoms with Gasteiger partial charge in [-0.2, -0.15) is 0 Å². The molecule has 0 radical (unpaired) electrons. The third-order valence-electron chi connectivity index (χ3n) is 1.84. The van der Waals surface area contributed by atoms with E-state index < -0.39 is 0 Å². The number of amides is 1. The van der Waals surface area contributed by atoms with Crippen molar-refractivity contribution in [3.8, 4) is 0 Å². The zero-order valence-electron chi connectivity index (χ0n) is 8.63. The van der Waals surface area contributed by atoms with Gasteiger partial charge in [0.1, 0.15) is 0 Å². The number of ether oxygens (including phenoxy) is 1. The highest BCUT2D eigenvalue weighted by Gasteiger charge is 2.01. The minimum Gasteiger partial charge on any atom is -0.380 e. The number of rotatable bonds is 5. The van der Waals surface area contributed by atoms with Crippen LogP contribution in [0.4, 0.5) is 5.69 Å². The van der Waals surface area contributed by atoms with Crippen LogP contribution < -0.4 is 5.32 Å². The Bertz CT molecular complexity index is 328. The van der Waals surface area contributed by atoms with Crippen molar-refractivity contribution >= 4 is 23.2 Å². The lowest BCUT2D eigenvalue weighted by Crippen LogP contribution is -2.11. The van der Waals surface area contributed by atoms with Crippen molar-refractivity contribution in [2.24, 2.45) is 0 Å². The molecule has 15 heavy (non-hydrogen) atoms. The second kappa shape index (κ2) is 6.43. The molecule has 0 atom stereocenters. The summed E-state index contributed by atoms with van der Waals surface area (Å²) in [6, 6.07) is 7.55. The number of carbonyl (C=O) groups is 1. The largest absolute Gasteiger partial charge is 0.380 e. The Morgan fingerprint density at radius 2 is 2.33 bits per heavy atom. The maximum atomic E-state index is 11.3. The summed E-state index contributed by atoms with van der Waals surface area (Å²) < 4.78 is 5.00. The van der Waals surface area contributed by atoms with Crippen LogP contribution in [-0.4, -0.2) is 18.9 Å². The lowest BCUT2D eigenvalue weighted by molar-refractivity contribution is -0.115. The molecular weight excluding hydrogens is 214 g/mol. The van der Waals surface area contributed by atoms with Gasteiger partial charge in [0.05, 0.1) is 6.61 Å². The maximum absolute atomic E-state index is 11.3. The monoisotopic (exact) mass is 227 g/mol. The van der Waals surface area contributed by atoms with E-state index in [0.29, 0.717) is 18.9 Å². The van der Waals surface area contributed by atoms with Gasteiger partial charge in [0, 0.05) is 25.1 Å². The Hall–Kier alpha value is -1.06. The molecule has 3 nitrogen and oxygen atoms in total. The quantitative estimate of drug-likeness (QED) is 0.785. The van der Waals surface area contributed by atoms with Crippen LogP contribution in [0.15, 0.2) is 24.3 Å². The Labute approximate surface area is 94.4 Å². The van der Waals surface area contributed by atoms with Crippen LogP contribution in [0.2, 0.25) is 0 Å². The molecule has 0 unspecified atom stereocenters. The number of carbonyl (C=O) groups excluding carboxylic acids is 1. The summed E-state index contributed by atoms with van der Waals surface area (Å²) in [6.07, 6.45) is 0.329. The molecule has 1 aromatic carbocycles. The molecule has 0 heterocycles. The minimum absolute atomic E-state index is 0.0698. The van der Waals surface area contributed by atoms with Crippen LogP contribution in [0.1, 0.15) is 12.0 Å². The van der Waals surface area contributed by atoms with E-state index >= 15 is 0 Å². The molecule has 0 aliphatic rings. The molecule has 0 aromatic heterocycles. The van der Waals surface area contributed by atoms with E-state index in [4.69, 9.17) is 16.3 Å². The van der Waals surface area contributed by atoms with E-state index in [1.807, 2.05) is 24.3 Å². The van der Waals surface area contributed by atoms with Crippen LogP contribution in [0.5, 0.6) is 0 Å². The van der Waals surface area contributed by atoms with E-state index in [1.165, 1.54) is 0 Å². The molecule has 0 spiro atoms. The average molecular weight is 228 g/mol. The minimum atomic E-state index is -0.0698.